The molecule has 5 rings (SSSR count). The third kappa shape index (κ3) is 5.93. The zero-order valence-electron chi connectivity index (χ0n) is 21.4. The number of benzene rings is 3. The Bertz CT molecular complexity index is 1590. The molecule has 10 nitrogen and oxygen atoms in total. The molecule has 2 unspecified atom stereocenters. The number of amides is 2. The van der Waals surface area contributed by atoms with E-state index in [-0.39, 0.29) is 24.8 Å². The molecular weight excluding hydrogens is 552 g/mol. The number of anilines is 2. The molecule has 3 aromatic carbocycles. The van der Waals surface area contributed by atoms with Crippen LogP contribution in [0.15, 0.2) is 78.0 Å². The highest BCUT2D eigenvalue weighted by molar-refractivity contribution is 8.00. The van der Waals surface area contributed by atoms with E-state index in [9.17, 15) is 23.1 Å². The number of hydrogen-bond acceptors (Lipinski definition) is 8. The smallest absolute Gasteiger partial charge is 0.338 e. The molecule has 4 aromatic rings. The minimum absolute atomic E-state index is 0.0296. The molecule has 0 saturated carbocycles. The van der Waals surface area contributed by atoms with Crippen LogP contribution in [-0.2, 0) is 38.6 Å². The van der Waals surface area contributed by atoms with Crippen molar-refractivity contribution in [3.63, 3.8) is 0 Å². The van der Waals surface area contributed by atoms with Gasteiger partial charge in [0.05, 0.1) is 28.9 Å². The summed E-state index contributed by atoms with van der Waals surface area (Å²) in [5.74, 6) is -1.12. The maximum absolute atomic E-state index is 13.4. The molecule has 1 fully saturated rings. The molecule has 0 bridgehead atoms. The molecule has 206 valence electrons. The van der Waals surface area contributed by atoms with Crippen LogP contribution in [0.1, 0.15) is 29.3 Å². The molecule has 1 aromatic heterocycles. The standard InChI is InChI=1S/C28H26N4O6S2/c1-2-38-27(35)19-9-13-21(14-10-19)32-25(33)17-24(26(32)34)39-28-29-22-5-3-4-6-23(22)31(28)16-15-18-7-11-20(12-8-18)30-40(36)37/h3-14,24,30H,2,15-17H2,1H3,(H,36,37)/p-1. The van der Waals surface area contributed by atoms with Gasteiger partial charge in [-0.25, -0.2) is 14.7 Å². The van der Waals surface area contributed by atoms with Crippen LogP contribution < -0.4 is 9.62 Å². The average molecular weight is 578 g/mol. The molecule has 1 N–H and O–H groups in total. The third-order valence-corrected chi connectivity index (χ3v) is 7.97. The summed E-state index contributed by atoms with van der Waals surface area (Å²) in [6.07, 6.45) is 0.674. The van der Waals surface area contributed by atoms with Crippen LogP contribution in [0, 0.1) is 0 Å². The van der Waals surface area contributed by atoms with Gasteiger partial charge in [0, 0.05) is 29.9 Å². The van der Waals surface area contributed by atoms with E-state index in [1.54, 1.807) is 31.2 Å². The van der Waals surface area contributed by atoms with Gasteiger partial charge in [-0.3, -0.25) is 13.8 Å². The van der Waals surface area contributed by atoms with Gasteiger partial charge < -0.3 is 18.6 Å². The van der Waals surface area contributed by atoms with Gasteiger partial charge in [-0.05, 0) is 67.4 Å². The SMILES string of the molecule is CCOC(=O)c1ccc(N2C(=O)CC(Sc3nc4ccccc4n3CCc3ccc(NS(=O)[O-])cc3)C2=O)cc1. The number of aromatic nitrogens is 2. The van der Waals surface area contributed by atoms with Crippen LogP contribution in [0.5, 0.6) is 0 Å². The lowest BCUT2D eigenvalue weighted by atomic mass is 10.1. The van der Waals surface area contributed by atoms with Crippen LogP contribution in [0.25, 0.3) is 11.0 Å². The van der Waals surface area contributed by atoms with Gasteiger partial charge in [0.15, 0.2) is 5.16 Å². The zero-order chi connectivity index (χ0) is 28.2. The van der Waals surface area contributed by atoms with Crippen molar-refractivity contribution in [3.05, 3.63) is 83.9 Å². The molecule has 1 aliphatic rings. The van der Waals surface area contributed by atoms with Gasteiger partial charge in [0.2, 0.25) is 11.8 Å². The number of fused-ring (bicyclic) bond motifs is 1. The lowest BCUT2D eigenvalue weighted by molar-refractivity contribution is -0.121. The number of carbonyl (C=O) groups is 3. The second-order valence-electron chi connectivity index (χ2n) is 8.96. The summed E-state index contributed by atoms with van der Waals surface area (Å²) in [5.41, 5.74) is 3.92. The predicted molar refractivity (Wildman–Crippen MR) is 152 cm³/mol. The minimum atomic E-state index is -2.39. The highest BCUT2D eigenvalue weighted by Gasteiger charge is 2.41. The van der Waals surface area contributed by atoms with Crippen LogP contribution in [-0.4, -0.2) is 48.0 Å². The van der Waals surface area contributed by atoms with E-state index in [0.717, 1.165) is 21.5 Å². The number of imidazole rings is 1. The molecule has 2 atom stereocenters. The van der Waals surface area contributed by atoms with Crippen molar-refractivity contribution in [2.24, 2.45) is 0 Å². The number of aryl methyl sites for hydroxylation is 2. The fourth-order valence-electron chi connectivity index (χ4n) is 4.49. The fraction of sp³-hybridized carbons (Fsp3) is 0.214. The second kappa shape index (κ2) is 12.0. The van der Waals surface area contributed by atoms with Crippen molar-refractivity contribution in [1.29, 1.82) is 0 Å². The van der Waals surface area contributed by atoms with Crippen LogP contribution in [0.2, 0.25) is 0 Å². The Morgan fingerprint density at radius 1 is 1.10 bits per heavy atom. The minimum Gasteiger partial charge on any atom is -0.755 e. The molecule has 40 heavy (non-hydrogen) atoms. The highest BCUT2D eigenvalue weighted by Crippen LogP contribution is 2.35. The van der Waals surface area contributed by atoms with Crippen molar-refractivity contribution < 1.29 is 27.9 Å². The number of hydrogen-bond donors (Lipinski definition) is 1. The summed E-state index contributed by atoms with van der Waals surface area (Å²) >= 11 is -1.13. The molecule has 12 heteroatoms. The number of thioether (sulfide) groups is 1. The molecule has 0 radical (unpaired) electrons. The van der Waals surface area contributed by atoms with Crippen LogP contribution in [0.3, 0.4) is 0 Å². The number of para-hydroxylation sites is 2. The first-order valence-electron chi connectivity index (χ1n) is 12.5. The van der Waals surface area contributed by atoms with E-state index in [1.807, 2.05) is 41.0 Å². The third-order valence-electron chi connectivity index (χ3n) is 6.39. The summed E-state index contributed by atoms with van der Waals surface area (Å²) in [6.45, 7) is 2.54. The zero-order valence-corrected chi connectivity index (χ0v) is 23.1. The number of imide groups is 1. The quantitative estimate of drug-likeness (QED) is 0.169. The highest BCUT2D eigenvalue weighted by atomic mass is 32.2. The maximum atomic E-state index is 13.4. The summed E-state index contributed by atoms with van der Waals surface area (Å²) < 4.78 is 31.1. The van der Waals surface area contributed by atoms with Gasteiger partial charge in [0.1, 0.15) is 5.25 Å². The van der Waals surface area contributed by atoms with Gasteiger partial charge >= 0.3 is 5.97 Å². The number of esters is 1. The van der Waals surface area contributed by atoms with Crippen molar-refractivity contribution in [3.8, 4) is 0 Å². The first-order chi connectivity index (χ1) is 19.3. The van der Waals surface area contributed by atoms with E-state index in [2.05, 4.69) is 4.72 Å². The van der Waals surface area contributed by atoms with Crippen molar-refractivity contribution in [2.75, 3.05) is 16.2 Å². The molecular formula is C28H25N4O6S2-. The van der Waals surface area contributed by atoms with Gasteiger partial charge in [-0.15, -0.1) is 0 Å². The van der Waals surface area contributed by atoms with Crippen molar-refractivity contribution >= 4 is 63.2 Å². The van der Waals surface area contributed by atoms with E-state index < -0.39 is 22.5 Å². The summed E-state index contributed by atoms with van der Waals surface area (Å²) in [4.78, 5) is 44.1. The van der Waals surface area contributed by atoms with E-state index in [0.29, 0.717) is 35.1 Å². The maximum Gasteiger partial charge on any atom is 0.338 e. The number of nitrogens with one attached hydrogen (secondary N) is 1. The Morgan fingerprint density at radius 2 is 1.82 bits per heavy atom. The van der Waals surface area contributed by atoms with Gasteiger partial charge in [0.25, 0.3) is 0 Å². The van der Waals surface area contributed by atoms with E-state index in [1.165, 1.54) is 23.9 Å². The Labute approximate surface area is 237 Å². The first kappa shape index (κ1) is 27.6. The Kier molecular flexibility index (Phi) is 8.29. The molecule has 1 saturated heterocycles. The Morgan fingerprint density at radius 3 is 2.52 bits per heavy atom. The Balaban J connectivity index is 1.33. The summed E-state index contributed by atoms with van der Waals surface area (Å²) in [6, 6.07) is 21.0. The van der Waals surface area contributed by atoms with E-state index in [4.69, 9.17) is 9.72 Å². The van der Waals surface area contributed by atoms with Gasteiger partial charge in [-0.2, -0.15) is 0 Å². The fourth-order valence-corrected chi connectivity index (χ4v) is 5.97. The lowest BCUT2D eigenvalue weighted by Crippen LogP contribution is -2.31. The molecule has 1 aliphatic heterocycles. The topological polar surface area (TPSA) is 134 Å². The summed E-state index contributed by atoms with van der Waals surface area (Å²) in [7, 11) is 0. The second-order valence-corrected chi connectivity index (χ2v) is 10.8. The number of nitrogens with zero attached hydrogens (tertiary/aromatic N) is 3. The normalized spacial score (nSPS) is 15.9. The number of rotatable bonds is 10. The molecule has 2 heterocycles. The molecule has 0 aliphatic carbocycles. The van der Waals surface area contributed by atoms with Crippen molar-refractivity contribution in [1.82, 2.24) is 9.55 Å². The number of ether oxygens (including phenoxy) is 1. The first-order valence-corrected chi connectivity index (χ1v) is 14.5. The molecule has 0 spiro atoms. The predicted octanol–water partition coefficient (Wildman–Crippen LogP) is 4.09. The van der Waals surface area contributed by atoms with Crippen LogP contribution >= 0.6 is 11.8 Å². The lowest BCUT2D eigenvalue weighted by Gasteiger charge is -2.16. The Hall–Kier alpha value is -4.00. The van der Waals surface area contributed by atoms with Crippen LogP contribution in [0.4, 0.5) is 11.4 Å². The van der Waals surface area contributed by atoms with Gasteiger partial charge in [-0.1, -0.05) is 36.0 Å². The average Bonchev–Trinajstić information content (AvgIpc) is 3.43. The van der Waals surface area contributed by atoms with E-state index >= 15 is 0 Å². The number of carbonyl (C=O) groups excluding carboxylic acids is 3. The largest absolute Gasteiger partial charge is 0.755 e. The summed E-state index contributed by atoms with van der Waals surface area (Å²) in [5, 5.41) is -0.0157. The monoisotopic (exact) mass is 577 g/mol. The molecule has 2 amide bonds. The van der Waals surface area contributed by atoms with Crippen molar-refractivity contribution in [2.45, 2.75) is 36.7 Å².